The zero-order chi connectivity index (χ0) is 15.8. The maximum atomic E-state index is 10.7. The first-order chi connectivity index (χ1) is 11.2. The summed E-state index contributed by atoms with van der Waals surface area (Å²) in [4.78, 5) is 4.14. The van der Waals surface area contributed by atoms with Gasteiger partial charge >= 0.3 is 0 Å². The van der Waals surface area contributed by atoms with Crippen molar-refractivity contribution in [1.82, 2.24) is 9.55 Å². The van der Waals surface area contributed by atoms with Crippen LogP contribution in [-0.4, -0.2) is 26.2 Å². The average Bonchev–Trinajstić information content (AvgIpc) is 2.77. The van der Waals surface area contributed by atoms with Crippen LogP contribution >= 0.6 is 11.8 Å². The molecule has 1 aromatic carbocycles. The second-order valence-corrected chi connectivity index (χ2v) is 6.72. The quantitative estimate of drug-likeness (QED) is 0.707. The Bertz CT molecular complexity index is 884. The van der Waals surface area contributed by atoms with E-state index < -0.39 is 0 Å². The standard InChI is InChI=1S/C17H16N4OS/c1-11-5-6-14-13(8-11)16(17(22)21(14)12-9-23-10-12)20-19-15-4-2-3-7-18-15/h2-8,12,22H,9-10H2,1H3. The molecule has 23 heavy (non-hydrogen) atoms. The SMILES string of the molecule is Cc1ccc2c(c1)c(N=Nc1ccccn1)c(O)n2C1CSC1. The molecule has 6 heteroatoms. The van der Waals surface area contributed by atoms with Crippen LogP contribution in [0.1, 0.15) is 11.6 Å². The molecule has 0 saturated carbocycles. The summed E-state index contributed by atoms with van der Waals surface area (Å²) >= 11 is 1.88. The first kappa shape index (κ1) is 14.3. The van der Waals surface area contributed by atoms with Crippen LogP contribution in [0, 0.1) is 6.92 Å². The summed E-state index contributed by atoms with van der Waals surface area (Å²) in [5.74, 6) is 2.75. The van der Waals surface area contributed by atoms with Gasteiger partial charge in [-0.3, -0.25) is 0 Å². The van der Waals surface area contributed by atoms with E-state index in [1.807, 2.05) is 47.5 Å². The van der Waals surface area contributed by atoms with Gasteiger partial charge in [0.1, 0.15) is 0 Å². The van der Waals surface area contributed by atoms with Gasteiger partial charge in [-0.05, 0) is 31.2 Å². The van der Waals surface area contributed by atoms with E-state index in [0.717, 1.165) is 28.0 Å². The number of aromatic nitrogens is 2. The van der Waals surface area contributed by atoms with Crippen molar-refractivity contribution >= 4 is 34.2 Å². The fraction of sp³-hybridized carbons (Fsp3) is 0.235. The third kappa shape index (κ3) is 2.49. The second-order valence-electron chi connectivity index (χ2n) is 5.64. The van der Waals surface area contributed by atoms with Crippen molar-refractivity contribution in [3.8, 4) is 5.88 Å². The molecule has 0 atom stereocenters. The van der Waals surface area contributed by atoms with Gasteiger partial charge in [0.2, 0.25) is 5.88 Å². The molecule has 2 aromatic heterocycles. The highest BCUT2D eigenvalue weighted by Gasteiger charge is 2.27. The fourth-order valence-electron chi connectivity index (χ4n) is 2.75. The summed E-state index contributed by atoms with van der Waals surface area (Å²) in [7, 11) is 0. The number of fused-ring (bicyclic) bond motifs is 1. The predicted octanol–water partition coefficient (Wildman–Crippen LogP) is 4.75. The number of hydrogen-bond acceptors (Lipinski definition) is 5. The molecule has 0 aliphatic carbocycles. The Kier molecular flexibility index (Phi) is 3.53. The molecule has 0 bridgehead atoms. The van der Waals surface area contributed by atoms with Crippen molar-refractivity contribution in [3.63, 3.8) is 0 Å². The van der Waals surface area contributed by atoms with Crippen LogP contribution in [0.25, 0.3) is 10.9 Å². The van der Waals surface area contributed by atoms with E-state index in [4.69, 9.17) is 0 Å². The molecule has 0 amide bonds. The molecule has 0 spiro atoms. The molecule has 116 valence electrons. The number of benzene rings is 1. The van der Waals surface area contributed by atoms with Crippen LogP contribution in [0.3, 0.4) is 0 Å². The Morgan fingerprint density at radius 3 is 2.78 bits per heavy atom. The Labute approximate surface area is 138 Å². The van der Waals surface area contributed by atoms with Crippen LogP contribution in [0.15, 0.2) is 52.8 Å². The van der Waals surface area contributed by atoms with Crippen LogP contribution in [0.2, 0.25) is 0 Å². The smallest absolute Gasteiger partial charge is 0.221 e. The first-order valence-electron chi connectivity index (χ1n) is 7.48. The van der Waals surface area contributed by atoms with Crippen molar-refractivity contribution in [2.75, 3.05) is 11.5 Å². The van der Waals surface area contributed by atoms with Crippen LogP contribution in [-0.2, 0) is 0 Å². The minimum atomic E-state index is 0.190. The van der Waals surface area contributed by atoms with Gasteiger partial charge < -0.3 is 9.67 Å². The molecule has 1 saturated heterocycles. The molecular weight excluding hydrogens is 308 g/mol. The van der Waals surface area contributed by atoms with E-state index >= 15 is 0 Å². The molecule has 1 N–H and O–H groups in total. The molecule has 4 rings (SSSR count). The first-order valence-corrected chi connectivity index (χ1v) is 8.63. The molecule has 1 aliphatic heterocycles. The summed E-state index contributed by atoms with van der Waals surface area (Å²) in [6.07, 6.45) is 1.67. The van der Waals surface area contributed by atoms with E-state index in [2.05, 4.69) is 21.3 Å². The zero-order valence-electron chi connectivity index (χ0n) is 12.7. The van der Waals surface area contributed by atoms with Crippen molar-refractivity contribution in [1.29, 1.82) is 0 Å². The van der Waals surface area contributed by atoms with Gasteiger partial charge in [-0.2, -0.15) is 11.8 Å². The number of azo groups is 1. The lowest BCUT2D eigenvalue weighted by Crippen LogP contribution is -2.22. The lowest BCUT2D eigenvalue weighted by atomic mass is 10.1. The molecule has 5 nitrogen and oxygen atoms in total. The number of aryl methyl sites for hydroxylation is 1. The van der Waals surface area contributed by atoms with E-state index in [1.165, 1.54) is 0 Å². The van der Waals surface area contributed by atoms with E-state index in [-0.39, 0.29) is 5.88 Å². The number of hydrogen-bond donors (Lipinski definition) is 1. The molecule has 1 fully saturated rings. The lowest BCUT2D eigenvalue weighted by molar-refractivity contribution is 0.406. The van der Waals surface area contributed by atoms with Crippen molar-refractivity contribution in [2.24, 2.45) is 10.2 Å². The maximum absolute atomic E-state index is 10.7. The van der Waals surface area contributed by atoms with Gasteiger partial charge in [-0.1, -0.05) is 17.7 Å². The lowest BCUT2D eigenvalue weighted by Gasteiger charge is -2.27. The predicted molar refractivity (Wildman–Crippen MR) is 93.1 cm³/mol. The number of nitrogens with zero attached hydrogens (tertiary/aromatic N) is 4. The number of aromatic hydroxyl groups is 1. The Hall–Kier alpha value is -2.34. The van der Waals surface area contributed by atoms with Crippen molar-refractivity contribution in [2.45, 2.75) is 13.0 Å². The largest absolute Gasteiger partial charge is 0.493 e. The van der Waals surface area contributed by atoms with Gasteiger partial charge in [0.15, 0.2) is 11.5 Å². The number of rotatable bonds is 3. The molecule has 1 aliphatic rings. The monoisotopic (exact) mass is 324 g/mol. The summed E-state index contributed by atoms with van der Waals surface area (Å²) < 4.78 is 1.98. The maximum Gasteiger partial charge on any atom is 0.221 e. The van der Waals surface area contributed by atoms with Gasteiger partial charge in [0.25, 0.3) is 0 Å². The molecule has 3 heterocycles. The van der Waals surface area contributed by atoms with Crippen molar-refractivity contribution in [3.05, 3.63) is 48.2 Å². The van der Waals surface area contributed by atoms with E-state index in [1.54, 1.807) is 12.3 Å². The summed E-state index contributed by atoms with van der Waals surface area (Å²) in [5.41, 5.74) is 2.66. The Morgan fingerprint density at radius 2 is 2.09 bits per heavy atom. The van der Waals surface area contributed by atoms with Gasteiger partial charge in [-0.25, -0.2) is 4.98 Å². The fourth-order valence-corrected chi connectivity index (χ4v) is 3.50. The second kappa shape index (κ2) is 5.70. The minimum Gasteiger partial charge on any atom is -0.493 e. The molecular formula is C17H16N4OS. The third-order valence-corrected chi connectivity index (χ3v) is 5.24. The highest BCUT2D eigenvalue weighted by Crippen LogP contribution is 2.45. The molecule has 0 radical (unpaired) electrons. The normalized spacial score (nSPS) is 15.3. The minimum absolute atomic E-state index is 0.190. The molecule has 0 unspecified atom stereocenters. The topological polar surface area (TPSA) is 62.8 Å². The van der Waals surface area contributed by atoms with E-state index in [9.17, 15) is 5.11 Å². The average molecular weight is 324 g/mol. The van der Waals surface area contributed by atoms with Gasteiger partial charge in [-0.15, -0.1) is 10.2 Å². The highest BCUT2D eigenvalue weighted by atomic mass is 32.2. The van der Waals surface area contributed by atoms with Crippen LogP contribution < -0.4 is 0 Å². The van der Waals surface area contributed by atoms with E-state index in [0.29, 0.717) is 17.5 Å². The number of thioether (sulfide) groups is 1. The van der Waals surface area contributed by atoms with Gasteiger partial charge in [0.05, 0.1) is 11.6 Å². The highest BCUT2D eigenvalue weighted by molar-refractivity contribution is 8.00. The zero-order valence-corrected chi connectivity index (χ0v) is 13.5. The molecule has 3 aromatic rings. The van der Waals surface area contributed by atoms with Gasteiger partial charge in [0, 0.05) is 23.1 Å². The summed E-state index contributed by atoms with van der Waals surface area (Å²) in [6, 6.07) is 12.0. The van der Waals surface area contributed by atoms with Crippen LogP contribution in [0.4, 0.5) is 11.5 Å². The van der Waals surface area contributed by atoms with Crippen molar-refractivity contribution < 1.29 is 5.11 Å². The van der Waals surface area contributed by atoms with Crippen LogP contribution in [0.5, 0.6) is 5.88 Å². The number of pyridine rings is 1. The Morgan fingerprint density at radius 1 is 1.22 bits per heavy atom. The Balaban J connectivity index is 1.86. The summed E-state index contributed by atoms with van der Waals surface area (Å²) in [5, 5.41) is 20.1. The summed E-state index contributed by atoms with van der Waals surface area (Å²) in [6.45, 7) is 2.03. The third-order valence-electron chi connectivity index (χ3n) is 3.99.